The molecule has 1 aromatic heterocycles. The van der Waals surface area contributed by atoms with Crippen molar-refractivity contribution in [2.24, 2.45) is 11.8 Å². The summed E-state index contributed by atoms with van der Waals surface area (Å²) in [7, 11) is 0. The number of aliphatic carboxylic acids is 1. The lowest BCUT2D eigenvalue weighted by molar-refractivity contribution is -0.139. The molecule has 0 bridgehead atoms. The molecular weight excluding hydrogens is 442 g/mol. The molecule has 3 unspecified atom stereocenters. The van der Waals surface area contributed by atoms with Gasteiger partial charge in [0.2, 0.25) is 5.88 Å². The normalized spacial score (nSPS) is 20.7. The number of carbonyl (C=O) groups is 1. The number of rotatable bonds is 6. The van der Waals surface area contributed by atoms with Crippen LogP contribution in [0.3, 0.4) is 0 Å². The summed E-state index contributed by atoms with van der Waals surface area (Å²) >= 11 is 0. The van der Waals surface area contributed by atoms with Gasteiger partial charge in [0.05, 0.1) is 11.5 Å². The molecule has 2 aromatic carbocycles. The number of ether oxygens (including phenoxy) is 2. The molecule has 0 aliphatic heterocycles. The summed E-state index contributed by atoms with van der Waals surface area (Å²) in [5, 5.41) is 9.20. The average Bonchev–Trinajstić information content (AvgIpc) is 3.36. The maximum atomic E-state index is 14.3. The van der Waals surface area contributed by atoms with Gasteiger partial charge in [0.15, 0.2) is 0 Å². The van der Waals surface area contributed by atoms with Crippen LogP contribution in [0.15, 0.2) is 54.7 Å². The van der Waals surface area contributed by atoms with Gasteiger partial charge in [-0.1, -0.05) is 12.1 Å². The summed E-state index contributed by atoms with van der Waals surface area (Å²) in [6.45, 7) is -0.208. The molecule has 5 nitrogen and oxygen atoms in total. The van der Waals surface area contributed by atoms with Crippen molar-refractivity contribution in [1.82, 2.24) is 4.98 Å². The van der Waals surface area contributed by atoms with Crippen LogP contribution in [0.1, 0.15) is 28.2 Å². The monoisotopic (exact) mass is 459 g/mol. The van der Waals surface area contributed by atoms with E-state index < -0.39 is 23.5 Å². The van der Waals surface area contributed by atoms with Crippen molar-refractivity contribution in [3.63, 3.8) is 0 Å². The Morgan fingerprint density at radius 2 is 1.94 bits per heavy atom. The third kappa shape index (κ3) is 3.99. The first-order valence-electron chi connectivity index (χ1n) is 10.2. The molecule has 0 amide bonds. The van der Waals surface area contributed by atoms with Gasteiger partial charge in [-0.05, 0) is 53.8 Å². The molecule has 0 saturated heterocycles. The molecule has 9 heteroatoms. The predicted octanol–water partition coefficient (Wildman–Crippen LogP) is 5.58. The zero-order valence-electron chi connectivity index (χ0n) is 17.0. The molecule has 3 atom stereocenters. The first kappa shape index (κ1) is 21.2. The lowest BCUT2D eigenvalue weighted by atomic mass is 10.0. The second-order valence-corrected chi connectivity index (χ2v) is 8.12. The fourth-order valence-electron chi connectivity index (χ4n) is 4.48. The van der Waals surface area contributed by atoms with Gasteiger partial charge in [-0.3, -0.25) is 4.79 Å². The van der Waals surface area contributed by atoms with E-state index in [0.717, 1.165) is 23.3 Å². The first-order valence-corrected chi connectivity index (χ1v) is 10.2. The molecule has 0 radical (unpaired) electrons. The van der Waals surface area contributed by atoms with Crippen LogP contribution in [0.5, 0.6) is 17.4 Å². The van der Waals surface area contributed by atoms with E-state index >= 15 is 0 Å². The van der Waals surface area contributed by atoms with Gasteiger partial charge in [0, 0.05) is 23.7 Å². The van der Waals surface area contributed by atoms with Gasteiger partial charge >= 0.3 is 12.1 Å². The van der Waals surface area contributed by atoms with Gasteiger partial charge < -0.3 is 14.6 Å². The van der Waals surface area contributed by atoms with E-state index in [0.29, 0.717) is 6.42 Å². The standard InChI is InChI=1S/C24H17F4NO4/c25-18-6-5-14(33-19-4-2-1-3-17(19)24(26,27)28)7-13(18)11-32-20-9-12-8-15-21(16(12)10-29-20)22(15)23(30)31/h1-7,9-10,15,21-22H,8,11H2,(H,30,31). The maximum absolute atomic E-state index is 14.3. The zero-order valence-corrected chi connectivity index (χ0v) is 17.0. The summed E-state index contributed by atoms with van der Waals surface area (Å²) in [6.07, 6.45) is -2.36. The summed E-state index contributed by atoms with van der Waals surface area (Å²) in [6, 6.07) is 10.1. The van der Waals surface area contributed by atoms with E-state index in [1.807, 2.05) is 0 Å². The number of aromatic nitrogens is 1. The Balaban J connectivity index is 1.29. The van der Waals surface area contributed by atoms with Crippen LogP contribution < -0.4 is 9.47 Å². The molecule has 2 aliphatic rings. The van der Waals surface area contributed by atoms with Crippen molar-refractivity contribution < 1.29 is 36.9 Å². The van der Waals surface area contributed by atoms with E-state index in [-0.39, 0.29) is 47.3 Å². The Kier molecular flexibility index (Phi) is 4.99. The first-order chi connectivity index (χ1) is 15.7. The molecular formula is C24H17F4NO4. The predicted molar refractivity (Wildman–Crippen MR) is 108 cm³/mol. The smallest absolute Gasteiger partial charge is 0.419 e. The highest BCUT2D eigenvalue weighted by molar-refractivity contribution is 5.77. The topological polar surface area (TPSA) is 68.7 Å². The number of para-hydroxylation sites is 1. The van der Waals surface area contributed by atoms with Crippen LogP contribution >= 0.6 is 0 Å². The molecule has 33 heavy (non-hydrogen) atoms. The van der Waals surface area contributed by atoms with Crippen molar-refractivity contribution in [2.75, 3.05) is 0 Å². The molecule has 3 aromatic rings. The van der Waals surface area contributed by atoms with E-state index in [2.05, 4.69) is 4.98 Å². The molecule has 1 fully saturated rings. The van der Waals surface area contributed by atoms with Gasteiger partial charge in [-0.2, -0.15) is 13.2 Å². The Bertz CT molecular complexity index is 1240. The van der Waals surface area contributed by atoms with Crippen LogP contribution in [0.4, 0.5) is 17.6 Å². The number of benzene rings is 2. The number of hydrogen-bond acceptors (Lipinski definition) is 4. The quantitative estimate of drug-likeness (QED) is 0.488. The van der Waals surface area contributed by atoms with Crippen molar-refractivity contribution in [2.45, 2.75) is 25.1 Å². The lowest BCUT2D eigenvalue weighted by Crippen LogP contribution is -2.07. The van der Waals surface area contributed by atoms with Crippen LogP contribution in [0, 0.1) is 17.7 Å². The highest BCUT2D eigenvalue weighted by Gasteiger charge is 2.59. The van der Waals surface area contributed by atoms with Crippen LogP contribution in [0.2, 0.25) is 0 Å². The number of hydrogen-bond donors (Lipinski definition) is 1. The van der Waals surface area contributed by atoms with Gasteiger partial charge in [0.25, 0.3) is 0 Å². The highest BCUT2D eigenvalue weighted by Crippen LogP contribution is 2.61. The fraction of sp³-hybridized carbons (Fsp3) is 0.250. The minimum Gasteiger partial charge on any atom is -0.481 e. The number of fused-ring (bicyclic) bond motifs is 3. The number of carboxylic acids is 1. The minimum absolute atomic E-state index is 0.00935. The van der Waals surface area contributed by atoms with Gasteiger partial charge in [-0.25, -0.2) is 9.37 Å². The minimum atomic E-state index is -4.59. The SMILES string of the molecule is O=C(O)C1C2Cc3cc(OCc4cc(Oc5ccccc5C(F)(F)F)ccc4F)ncc3C21. The molecule has 2 aliphatic carbocycles. The van der Waals surface area contributed by atoms with Crippen molar-refractivity contribution in [3.05, 3.63) is 82.8 Å². The Hall–Kier alpha value is -3.62. The number of pyridine rings is 1. The largest absolute Gasteiger partial charge is 0.481 e. The number of nitrogens with zero attached hydrogens (tertiary/aromatic N) is 1. The summed E-state index contributed by atoms with van der Waals surface area (Å²) in [5.41, 5.74) is 1.03. The van der Waals surface area contributed by atoms with E-state index in [1.165, 1.54) is 30.3 Å². The average molecular weight is 459 g/mol. The summed E-state index contributed by atoms with van der Waals surface area (Å²) < 4.78 is 64.8. The number of alkyl halides is 3. The summed E-state index contributed by atoms with van der Waals surface area (Å²) in [5.74, 6) is -1.77. The Morgan fingerprint density at radius 3 is 2.70 bits per heavy atom. The van der Waals surface area contributed by atoms with E-state index in [9.17, 15) is 27.5 Å². The van der Waals surface area contributed by atoms with E-state index in [4.69, 9.17) is 9.47 Å². The van der Waals surface area contributed by atoms with Crippen LogP contribution in [0.25, 0.3) is 0 Å². The van der Waals surface area contributed by atoms with Gasteiger partial charge in [-0.15, -0.1) is 0 Å². The second-order valence-electron chi connectivity index (χ2n) is 8.12. The van der Waals surface area contributed by atoms with Gasteiger partial charge in [0.1, 0.15) is 23.9 Å². The van der Waals surface area contributed by atoms with Crippen LogP contribution in [-0.4, -0.2) is 16.1 Å². The maximum Gasteiger partial charge on any atom is 0.419 e. The molecule has 1 N–H and O–H groups in total. The van der Waals surface area contributed by atoms with Crippen molar-refractivity contribution >= 4 is 5.97 Å². The summed E-state index contributed by atoms with van der Waals surface area (Å²) in [4.78, 5) is 15.4. The third-order valence-corrected chi connectivity index (χ3v) is 6.08. The van der Waals surface area contributed by atoms with Crippen LogP contribution in [-0.2, 0) is 24.0 Å². The molecule has 170 valence electrons. The second kappa shape index (κ2) is 7.75. The number of halogens is 4. The zero-order chi connectivity index (χ0) is 23.3. The molecule has 5 rings (SSSR count). The number of carboxylic acid groups (broad SMARTS) is 1. The van der Waals surface area contributed by atoms with Crippen molar-refractivity contribution in [1.29, 1.82) is 0 Å². The molecule has 1 saturated carbocycles. The lowest BCUT2D eigenvalue weighted by Gasteiger charge is -2.14. The third-order valence-electron chi connectivity index (χ3n) is 6.08. The Morgan fingerprint density at radius 1 is 1.15 bits per heavy atom. The molecule has 1 heterocycles. The van der Waals surface area contributed by atoms with Crippen molar-refractivity contribution in [3.8, 4) is 17.4 Å². The highest BCUT2D eigenvalue weighted by atomic mass is 19.4. The fourth-order valence-corrected chi connectivity index (χ4v) is 4.48. The Labute approximate surface area is 185 Å². The van der Waals surface area contributed by atoms with E-state index in [1.54, 1.807) is 12.3 Å². The molecule has 0 spiro atoms.